The van der Waals surface area contributed by atoms with Crippen molar-refractivity contribution in [2.75, 3.05) is 0 Å². The minimum Gasteiger partial charge on any atom is 0 e. The number of hydrogen-bond acceptors (Lipinski definition) is 1. The number of nitriles is 1. The zero-order valence-corrected chi connectivity index (χ0v) is 4.51. The second kappa shape index (κ2) is 9.65. The van der Waals surface area contributed by atoms with Crippen molar-refractivity contribution >= 4 is 16.0 Å². The molecule has 0 aromatic heterocycles. The van der Waals surface area contributed by atoms with Gasteiger partial charge in [0.25, 0.3) is 0 Å². The molecule has 1 nitrogen and oxygen atoms in total. The van der Waals surface area contributed by atoms with Crippen LogP contribution in [0.5, 0.6) is 0 Å². The zero-order valence-electron chi connectivity index (χ0n) is 1.70. The molecule has 0 saturated carbocycles. The van der Waals surface area contributed by atoms with Crippen LogP contribution in [0.2, 0.25) is 0 Å². The first-order chi connectivity index (χ1) is 1.41. The van der Waals surface area contributed by atoms with Gasteiger partial charge in [-0.15, -0.1) is 0 Å². The van der Waals surface area contributed by atoms with Gasteiger partial charge in [0.1, 0.15) is 0 Å². The van der Waals surface area contributed by atoms with Crippen molar-refractivity contribution in [1.82, 2.24) is 0 Å². The van der Waals surface area contributed by atoms with E-state index >= 15 is 0 Å². The van der Waals surface area contributed by atoms with Gasteiger partial charge in [0, 0.05) is 17.1 Å². The van der Waals surface area contributed by atoms with Crippen molar-refractivity contribution in [3.63, 3.8) is 0 Å². The van der Waals surface area contributed by atoms with Crippen LogP contribution in [-0.4, -0.2) is 16.0 Å². The molecule has 0 aliphatic carbocycles. The van der Waals surface area contributed by atoms with Crippen LogP contribution < -0.4 is 0 Å². The third-order valence-corrected chi connectivity index (χ3v) is 0. The van der Waals surface area contributed by atoms with Crippen LogP contribution in [0.15, 0.2) is 0 Å². The largest absolute Gasteiger partial charge is 0 e. The first-order valence-corrected chi connectivity index (χ1v) is 1.39. The molecule has 3 heteroatoms. The quantitative estimate of drug-likeness (QED) is 0.443. The maximum absolute atomic E-state index is 7.29. The van der Waals surface area contributed by atoms with Gasteiger partial charge < -0.3 is 0 Å². The Kier molecular flexibility index (Phi) is 21.3. The molecule has 0 heterocycles. The molecule has 0 N–H and O–H groups in total. The van der Waals surface area contributed by atoms with E-state index in [1.165, 1.54) is 0 Å². The fourth-order valence-electron chi connectivity index (χ4n) is 0. The molecule has 0 aliphatic rings. The second-order valence-corrected chi connectivity index (χ2v) is 0.520. The van der Waals surface area contributed by atoms with Gasteiger partial charge in [0.15, 0.2) is 0 Å². The summed E-state index contributed by atoms with van der Waals surface area (Å²) in [5.41, 5.74) is 0. The third kappa shape index (κ3) is 21.1. The van der Waals surface area contributed by atoms with Crippen molar-refractivity contribution in [3.8, 4) is 4.97 Å². The molecule has 1 radical (unpaired) electrons. The van der Waals surface area contributed by atoms with E-state index in [2.05, 4.69) is 0 Å². The van der Waals surface area contributed by atoms with E-state index in [9.17, 15) is 0 Å². The van der Waals surface area contributed by atoms with Crippen molar-refractivity contribution < 1.29 is 17.1 Å². The van der Waals surface area contributed by atoms with E-state index in [1.807, 2.05) is 0 Å². The number of nitrogens with zero attached hydrogens (tertiary/aromatic N) is 1. The van der Waals surface area contributed by atoms with Crippen molar-refractivity contribution in [2.24, 2.45) is 0 Å². The van der Waals surface area contributed by atoms with E-state index in [4.69, 9.17) is 5.26 Å². The molecule has 0 amide bonds. The first kappa shape index (κ1) is 8.82. The number of rotatable bonds is 0. The van der Waals surface area contributed by atoms with Crippen molar-refractivity contribution in [2.45, 2.75) is 0 Å². The summed E-state index contributed by atoms with van der Waals surface area (Å²) in [5.74, 6) is 0. The summed E-state index contributed by atoms with van der Waals surface area (Å²) >= 11 is 1.77. The predicted molar refractivity (Wildman–Crippen MR) is 12.8 cm³/mol. The summed E-state index contributed by atoms with van der Waals surface area (Å²) in [6.07, 6.45) is 0. The Morgan fingerprint density at radius 1 is 1.75 bits per heavy atom. The molecule has 0 rings (SSSR count). The average Bonchev–Trinajstić information content (AvgIpc) is 0.918. The van der Waals surface area contributed by atoms with Gasteiger partial charge in [-0.25, -0.2) is 0 Å². The van der Waals surface area contributed by atoms with E-state index in [0.717, 1.165) is 0 Å². The Morgan fingerprint density at radius 3 is 1.75 bits per heavy atom. The van der Waals surface area contributed by atoms with E-state index in [1.54, 1.807) is 21.0 Å². The van der Waals surface area contributed by atoms with Gasteiger partial charge in [0.2, 0.25) is 0 Å². The first-order valence-electron chi connectivity index (χ1n) is 0.447. The maximum atomic E-state index is 7.29. The summed E-state index contributed by atoms with van der Waals surface area (Å²) in [4.78, 5) is 1.69. The Morgan fingerprint density at radius 2 is 1.75 bits per heavy atom. The summed E-state index contributed by atoms with van der Waals surface area (Å²) in [6.45, 7) is 0. The van der Waals surface area contributed by atoms with Crippen LogP contribution in [0.3, 0.4) is 0 Å². The molecule has 0 spiro atoms. The maximum Gasteiger partial charge on any atom is 0 e. The van der Waals surface area contributed by atoms with Gasteiger partial charge in [-0.1, -0.05) is 0 Å². The molecule has 0 fully saturated rings. The Balaban J connectivity index is 0. The van der Waals surface area contributed by atoms with Crippen LogP contribution >= 0.6 is 0 Å². The van der Waals surface area contributed by atoms with E-state index < -0.39 is 0 Å². The van der Waals surface area contributed by atoms with Gasteiger partial charge in [-0.05, 0) is 0 Å². The minimum atomic E-state index is 0. The molecule has 0 saturated heterocycles. The minimum absolute atomic E-state index is 0. The molecule has 0 bridgehead atoms. The third-order valence-electron chi connectivity index (χ3n) is 0. The topological polar surface area (TPSA) is 23.8 Å². The Labute approximate surface area is 43.7 Å². The molecule has 27 valence electrons. The monoisotopic (exact) mass is 170 g/mol. The smallest absolute Gasteiger partial charge is 0 e. The Hall–Kier alpha value is 0.529. The van der Waals surface area contributed by atoms with Gasteiger partial charge in [0.05, 0.1) is 0 Å². The fraction of sp³-hybridized carbons (Fsp3) is 0. The normalized spacial score (nSPS) is 2.00. The predicted octanol–water partition coefficient (Wildman–Crippen LogP) is -0.634. The molecule has 4 heavy (non-hydrogen) atoms. The molecule has 0 aromatic carbocycles. The van der Waals surface area contributed by atoms with Crippen molar-refractivity contribution in [1.29, 1.82) is 5.26 Å². The van der Waals surface area contributed by atoms with Crippen LogP contribution in [0.25, 0.3) is 0 Å². The summed E-state index contributed by atoms with van der Waals surface area (Å²) in [5, 5.41) is 7.29. The fourth-order valence-corrected chi connectivity index (χ4v) is 0. The molecule has 0 aromatic rings. The van der Waals surface area contributed by atoms with Crippen molar-refractivity contribution in [3.05, 3.63) is 0 Å². The summed E-state index contributed by atoms with van der Waals surface area (Å²) in [6, 6.07) is 0. The number of hydrogen-bond donors (Lipinski definition) is 0. The molecule has 0 unspecified atom stereocenters. The second-order valence-electron chi connectivity index (χ2n) is 0.100. The molecular weight excluding hydrogens is 169 g/mol. The summed E-state index contributed by atoms with van der Waals surface area (Å²) in [7, 11) is 0. The van der Waals surface area contributed by atoms with Crippen LogP contribution in [0.4, 0.5) is 0 Å². The molecule has 0 atom stereocenters. The average molecular weight is 170 g/mol. The van der Waals surface area contributed by atoms with Gasteiger partial charge in [-0.2, -0.15) is 0 Å². The molecular formula is CHCuNSe. The van der Waals surface area contributed by atoms with Crippen LogP contribution in [0.1, 0.15) is 0 Å². The van der Waals surface area contributed by atoms with Gasteiger partial charge in [-0.3, -0.25) is 0 Å². The Bertz CT molecular complexity index is 29.5. The van der Waals surface area contributed by atoms with Gasteiger partial charge >= 0.3 is 26.2 Å². The standard InChI is InChI=1S/CHNSe.Cu/c2-1-3;/h3H;. The van der Waals surface area contributed by atoms with E-state index in [-0.39, 0.29) is 17.1 Å². The van der Waals surface area contributed by atoms with E-state index in [0.29, 0.717) is 0 Å². The van der Waals surface area contributed by atoms with Crippen LogP contribution in [-0.2, 0) is 17.1 Å². The molecule has 0 aliphatic heterocycles. The SMILES string of the molecule is N#C[SeH].[Cu]. The summed E-state index contributed by atoms with van der Waals surface area (Å²) < 4.78 is 0. The van der Waals surface area contributed by atoms with Crippen LogP contribution in [0, 0.1) is 10.2 Å². The zero-order chi connectivity index (χ0) is 2.71.